The number of nitrogens with two attached hydrogens (primary N) is 1. The number of halogens is 1. The van der Waals surface area contributed by atoms with Gasteiger partial charge in [0.15, 0.2) is 5.96 Å². The average molecular weight is 337 g/mol. The topological polar surface area (TPSA) is 76.0 Å². The molecule has 7 heteroatoms. The molecule has 0 saturated carbocycles. The first-order chi connectivity index (χ1) is 11.0. The van der Waals surface area contributed by atoms with Crippen molar-refractivity contribution in [2.45, 2.75) is 6.04 Å². The first-order valence-electron chi connectivity index (χ1n) is 7.11. The predicted molar refractivity (Wildman–Crippen MR) is 93.3 cm³/mol. The molecule has 2 rings (SSSR count). The molecular weight excluding hydrogens is 316 g/mol. The van der Waals surface area contributed by atoms with Crippen LogP contribution in [0.5, 0.6) is 5.75 Å². The van der Waals surface area contributed by atoms with Crippen LogP contribution in [0.25, 0.3) is 0 Å². The number of nitrogens with one attached hydrogen (secondary N) is 1. The van der Waals surface area contributed by atoms with Crippen molar-refractivity contribution in [1.82, 2.24) is 4.90 Å². The van der Waals surface area contributed by atoms with Crippen molar-refractivity contribution in [3.8, 4) is 5.75 Å². The molecule has 1 atom stereocenters. The summed E-state index contributed by atoms with van der Waals surface area (Å²) in [7, 11) is 5.51. The van der Waals surface area contributed by atoms with E-state index in [4.69, 9.17) is 26.5 Å². The van der Waals surface area contributed by atoms with Gasteiger partial charge in [0.2, 0.25) is 0 Å². The number of aliphatic imine (C=N–C) groups is 1. The number of methoxy groups -OCH3 is 1. The molecule has 0 aliphatic rings. The summed E-state index contributed by atoms with van der Waals surface area (Å²) in [6, 6.07) is 9.12. The van der Waals surface area contributed by atoms with Crippen molar-refractivity contribution >= 4 is 23.2 Å². The summed E-state index contributed by atoms with van der Waals surface area (Å²) in [4.78, 5) is 6.40. The van der Waals surface area contributed by atoms with E-state index in [0.717, 1.165) is 11.4 Å². The zero-order chi connectivity index (χ0) is 16.8. The van der Waals surface area contributed by atoms with Crippen LogP contribution < -0.4 is 15.8 Å². The van der Waals surface area contributed by atoms with Crippen LogP contribution in [0.15, 0.2) is 46.0 Å². The number of hydrogen-bond acceptors (Lipinski definition) is 4. The van der Waals surface area contributed by atoms with Crippen LogP contribution >= 0.6 is 11.6 Å². The molecule has 0 radical (unpaired) electrons. The highest BCUT2D eigenvalue weighted by Gasteiger charge is 2.16. The minimum Gasteiger partial charge on any atom is -0.495 e. The fourth-order valence-corrected chi connectivity index (χ4v) is 2.36. The second kappa shape index (κ2) is 7.89. The van der Waals surface area contributed by atoms with E-state index >= 15 is 0 Å². The number of benzene rings is 1. The molecule has 0 amide bonds. The van der Waals surface area contributed by atoms with Crippen molar-refractivity contribution in [1.29, 1.82) is 0 Å². The molecule has 0 spiro atoms. The standard InChI is InChI=1S/C16H21ClN4O2/c1-21(2)13(15-5-4-8-23-15)10-19-16(18)20-11-6-7-14(22-3)12(17)9-11/h4-9,13H,10H2,1-3H3,(H3,18,19,20). The Morgan fingerprint density at radius 1 is 1.43 bits per heavy atom. The normalized spacial score (nSPS) is 13.2. The molecule has 1 heterocycles. The van der Waals surface area contributed by atoms with Gasteiger partial charge in [-0.25, -0.2) is 0 Å². The van der Waals surface area contributed by atoms with Crippen LogP contribution in [0.3, 0.4) is 0 Å². The quantitative estimate of drug-likeness (QED) is 0.626. The van der Waals surface area contributed by atoms with Crippen LogP contribution in [0.1, 0.15) is 11.8 Å². The van der Waals surface area contributed by atoms with Crippen LogP contribution in [0, 0.1) is 0 Å². The van der Waals surface area contributed by atoms with Gasteiger partial charge in [-0.3, -0.25) is 9.89 Å². The average Bonchev–Trinajstić information content (AvgIpc) is 3.01. The van der Waals surface area contributed by atoms with E-state index in [-0.39, 0.29) is 6.04 Å². The fourth-order valence-electron chi connectivity index (χ4n) is 2.10. The van der Waals surface area contributed by atoms with Gasteiger partial charge in [0.25, 0.3) is 0 Å². The number of nitrogens with zero attached hydrogens (tertiary/aromatic N) is 2. The predicted octanol–water partition coefficient (Wildman–Crippen LogP) is 2.97. The second-order valence-electron chi connectivity index (χ2n) is 5.20. The van der Waals surface area contributed by atoms with E-state index in [0.29, 0.717) is 23.3 Å². The summed E-state index contributed by atoms with van der Waals surface area (Å²) in [5.41, 5.74) is 6.69. The Morgan fingerprint density at radius 3 is 2.78 bits per heavy atom. The third-order valence-electron chi connectivity index (χ3n) is 3.35. The summed E-state index contributed by atoms with van der Waals surface area (Å²) >= 11 is 6.08. The monoisotopic (exact) mass is 336 g/mol. The first-order valence-corrected chi connectivity index (χ1v) is 7.49. The molecular formula is C16H21ClN4O2. The summed E-state index contributed by atoms with van der Waals surface area (Å²) < 4.78 is 10.6. The van der Waals surface area contributed by atoms with Gasteiger partial charge in [-0.1, -0.05) is 11.6 Å². The number of guanidine groups is 1. The van der Waals surface area contributed by atoms with E-state index in [9.17, 15) is 0 Å². The summed E-state index contributed by atoms with van der Waals surface area (Å²) in [6.45, 7) is 0.475. The lowest BCUT2D eigenvalue weighted by atomic mass is 10.2. The lowest BCUT2D eigenvalue weighted by Gasteiger charge is -2.20. The maximum Gasteiger partial charge on any atom is 0.193 e. The van der Waals surface area contributed by atoms with Crippen LogP contribution in [0.4, 0.5) is 5.69 Å². The Hall–Kier alpha value is -2.18. The smallest absolute Gasteiger partial charge is 0.193 e. The molecule has 0 bridgehead atoms. The van der Waals surface area contributed by atoms with Gasteiger partial charge in [0.1, 0.15) is 11.5 Å². The van der Waals surface area contributed by atoms with Gasteiger partial charge >= 0.3 is 0 Å². The van der Waals surface area contributed by atoms with Crippen molar-refractivity contribution < 1.29 is 9.15 Å². The minimum absolute atomic E-state index is 0.0183. The van der Waals surface area contributed by atoms with Gasteiger partial charge in [0.05, 0.1) is 31.0 Å². The van der Waals surface area contributed by atoms with E-state index < -0.39 is 0 Å². The molecule has 0 aliphatic carbocycles. The van der Waals surface area contributed by atoms with E-state index in [2.05, 4.69) is 10.3 Å². The Bertz CT molecular complexity index is 656. The molecule has 1 aromatic heterocycles. The summed E-state index contributed by atoms with van der Waals surface area (Å²) in [6.07, 6.45) is 1.65. The highest BCUT2D eigenvalue weighted by molar-refractivity contribution is 6.32. The molecule has 0 fully saturated rings. The van der Waals surface area contributed by atoms with Gasteiger partial charge < -0.3 is 20.2 Å². The summed E-state index contributed by atoms with van der Waals surface area (Å²) in [5, 5.41) is 3.52. The molecule has 0 saturated heterocycles. The fraction of sp³-hybridized carbons (Fsp3) is 0.312. The Labute approximate surface area is 140 Å². The highest BCUT2D eigenvalue weighted by Crippen LogP contribution is 2.27. The van der Waals surface area contributed by atoms with E-state index in [1.807, 2.05) is 37.2 Å². The molecule has 0 aliphatic heterocycles. The van der Waals surface area contributed by atoms with Crippen molar-refractivity contribution in [3.63, 3.8) is 0 Å². The number of hydrogen-bond donors (Lipinski definition) is 2. The van der Waals surface area contributed by atoms with Crippen molar-refractivity contribution in [2.75, 3.05) is 33.1 Å². The maximum atomic E-state index is 6.08. The SMILES string of the molecule is COc1ccc(NC(N)=NCC(c2ccco2)N(C)C)cc1Cl. The van der Waals surface area contributed by atoms with Crippen LogP contribution in [-0.2, 0) is 0 Å². The summed E-state index contributed by atoms with van der Waals surface area (Å²) in [5.74, 6) is 1.77. The molecule has 3 N–H and O–H groups in total. The molecule has 23 heavy (non-hydrogen) atoms. The number of furan rings is 1. The molecule has 1 unspecified atom stereocenters. The number of rotatable bonds is 6. The maximum absolute atomic E-state index is 6.08. The lowest BCUT2D eigenvalue weighted by molar-refractivity contribution is 0.265. The third-order valence-corrected chi connectivity index (χ3v) is 3.65. The minimum atomic E-state index is 0.0183. The zero-order valence-corrected chi connectivity index (χ0v) is 14.2. The largest absolute Gasteiger partial charge is 0.495 e. The van der Waals surface area contributed by atoms with Gasteiger partial charge in [0, 0.05) is 5.69 Å². The Kier molecular flexibility index (Phi) is 5.90. The molecule has 2 aromatic rings. The van der Waals surface area contributed by atoms with Crippen molar-refractivity contribution in [3.05, 3.63) is 47.4 Å². The van der Waals surface area contributed by atoms with Crippen LogP contribution in [-0.4, -0.2) is 38.6 Å². The lowest BCUT2D eigenvalue weighted by Crippen LogP contribution is -2.27. The third kappa shape index (κ3) is 4.64. The number of anilines is 1. The number of likely N-dealkylation sites (N-methyl/N-ethyl adjacent to an activating group) is 1. The molecule has 124 valence electrons. The number of ether oxygens (including phenoxy) is 1. The Morgan fingerprint density at radius 2 is 2.22 bits per heavy atom. The van der Waals surface area contributed by atoms with E-state index in [1.165, 1.54) is 0 Å². The van der Waals surface area contributed by atoms with Crippen LogP contribution in [0.2, 0.25) is 5.02 Å². The van der Waals surface area contributed by atoms with Gasteiger partial charge in [-0.05, 0) is 44.4 Å². The molecule has 6 nitrogen and oxygen atoms in total. The van der Waals surface area contributed by atoms with Gasteiger partial charge in [-0.2, -0.15) is 0 Å². The first kappa shape index (κ1) is 17.2. The Balaban J connectivity index is 2.03. The molecule has 1 aromatic carbocycles. The van der Waals surface area contributed by atoms with Gasteiger partial charge in [-0.15, -0.1) is 0 Å². The zero-order valence-electron chi connectivity index (χ0n) is 13.4. The van der Waals surface area contributed by atoms with E-state index in [1.54, 1.807) is 25.5 Å². The highest BCUT2D eigenvalue weighted by atomic mass is 35.5. The van der Waals surface area contributed by atoms with Crippen molar-refractivity contribution in [2.24, 2.45) is 10.7 Å². The second-order valence-corrected chi connectivity index (χ2v) is 5.60.